The van der Waals surface area contributed by atoms with E-state index in [4.69, 9.17) is 0 Å². The molecule has 1 saturated carbocycles. The number of aliphatic hydroxyl groups excluding tert-OH is 1. The number of hydrogen-bond acceptors (Lipinski definition) is 5. The highest BCUT2D eigenvalue weighted by atomic mass is 16.3. The highest BCUT2D eigenvalue weighted by Gasteiger charge is 2.24. The van der Waals surface area contributed by atoms with Gasteiger partial charge in [-0.2, -0.15) is 0 Å². The number of H-pyrrole nitrogens is 1. The van der Waals surface area contributed by atoms with E-state index in [-0.39, 0.29) is 23.6 Å². The van der Waals surface area contributed by atoms with Crippen LogP contribution in [0.25, 0.3) is 22.6 Å². The summed E-state index contributed by atoms with van der Waals surface area (Å²) in [5, 5.41) is 19.1. The predicted octanol–water partition coefficient (Wildman–Crippen LogP) is 1.97. The lowest BCUT2D eigenvalue weighted by molar-refractivity contribution is 0.111. The van der Waals surface area contributed by atoms with E-state index in [1.807, 2.05) is 0 Å². The number of benzene rings is 1. The summed E-state index contributed by atoms with van der Waals surface area (Å²) in [5.74, 6) is 0.187. The van der Waals surface area contributed by atoms with Crippen LogP contribution in [0.15, 0.2) is 35.3 Å². The van der Waals surface area contributed by atoms with Crippen molar-refractivity contribution in [3.8, 4) is 17.0 Å². The number of phenolic OH excluding ortho intramolecular Hbond substituents is 1. The third-order valence-corrected chi connectivity index (χ3v) is 4.62. The van der Waals surface area contributed by atoms with E-state index in [0.29, 0.717) is 29.8 Å². The topological polar surface area (TPSA) is 104 Å². The van der Waals surface area contributed by atoms with Gasteiger partial charge in [-0.15, -0.1) is 0 Å². The number of rotatable bonds is 2. The van der Waals surface area contributed by atoms with Gasteiger partial charge in [-0.3, -0.25) is 9.55 Å². The van der Waals surface area contributed by atoms with Crippen molar-refractivity contribution >= 4 is 11.3 Å². The van der Waals surface area contributed by atoms with Crippen LogP contribution in [0, 0.1) is 0 Å². The molecule has 2 heterocycles. The van der Waals surface area contributed by atoms with Crippen molar-refractivity contribution in [2.75, 3.05) is 0 Å². The van der Waals surface area contributed by atoms with Crippen LogP contribution in [0.3, 0.4) is 0 Å². The van der Waals surface area contributed by atoms with Gasteiger partial charge in [0.1, 0.15) is 5.75 Å². The first-order valence-electron chi connectivity index (χ1n) is 8.06. The fourth-order valence-electron chi connectivity index (χ4n) is 3.32. The molecule has 4 rings (SSSR count). The van der Waals surface area contributed by atoms with Crippen molar-refractivity contribution in [1.29, 1.82) is 0 Å². The fourth-order valence-corrected chi connectivity index (χ4v) is 3.32. The highest BCUT2D eigenvalue weighted by molar-refractivity contribution is 5.71. The van der Waals surface area contributed by atoms with E-state index in [1.165, 1.54) is 0 Å². The molecule has 0 aliphatic heterocycles. The Balaban J connectivity index is 1.79. The molecule has 0 spiro atoms. The monoisotopic (exact) mass is 326 g/mol. The SMILES string of the molecule is O=c1[nH]c2ncc(-c3ccc(O)cc3)nc2n1[C@H]1CC[C@H](O)CC1. The zero-order valence-corrected chi connectivity index (χ0v) is 13.0. The highest BCUT2D eigenvalue weighted by Crippen LogP contribution is 2.29. The number of hydrogen-bond donors (Lipinski definition) is 3. The summed E-state index contributed by atoms with van der Waals surface area (Å²) in [6.07, 6.45) is 4.21. The summed E-state index contributed by atoms with van der Waals surface area (Å²) >= 11 is 0. The molecule has 24 heavy (non-hydrogen) atoms. The standard InChI is InChI=1S/C17H18N4O3/c22-12-5-1-10(2-6-12)14-9-18-15-16(19-14)21(17(24)20-15)11-3-7-13(23)8-4-11/h1-2,5-6,9,11,13,22-23H,3-4,7-8H2,(H,18,20,24)/t11-,13-. The van der Waals surface area contributed by atoms with Crippen molar-refractivity contribution in [2.24, 2.45) is 0 Å². The minimum Gasteiger partial charge on any atom is -0.508 e. The molecule has 0 amide bonds. The molecule has 0 bridgehead atoms. The van der Waals surface area contributed by atoms with Crippen molar-refractivity contribution in [3.63, 3.8) is 0 Å². The number of aromatic hydroxyl groups is 1. The van der Waals surface area contributed by atoms with Crippen LogP contribution in [0.1, 0.15) is 31.7 Å². The van der Waals surface area contributed by atoms with E-state index >= 15 is 0 Å². The molecule has 1 aliphatic carbocycles. The van der Waals surface area contributed by atoms with E-state index in [0.717, 1.165) is 18.4 Å². The molecule has 0 unspecified atom stereocenters. The van der Waals surface area contributed by atoms with Gasteiger partial charge < -0.3 is 10.2 Å². The van der Waals surface area contributed by atoms with Crippen molar-refractivity contribution in [3.05, 3.63) is 40.9 Å². The number of aromatic nitrogens is 4. The van der Waals surface area contributed by atoms with Crippen molar-refractivity contribution in [1.82, 2.24) is 19.5 Å². The number of imidazole rings is 1. The first-order valence-corrected chi connectivity index (χ1v) is 8.06. The fraction of sp³-hybridized carbons (Fsp3) is 0.353. The minimum absolute atomic E-state index is 0.0269. The molecule has 3 aromatic rings. The van der Waals surface area contributed by atoms with E-state index in [9.17, 15) is 15.0 Å². The molecule has 124 valence electrons. The number of nitrogens with one attached hydrogen (secondary N) is 1. The Morgan fingerprint density at radius 3 is 2.54 bits per heavy atom. The van der Waals surface area contributed by atoms with Gasteiger partial charge in [-0.1, -0.05) is 0 Å². The second kappa shape index (κ2) is 5.76. The Morgan fingerprint density at radius 1 is 1.12 bits per heavy atom. The lowest BCUT2D eigenvalue weighted by Gasteiger charge is -2.25. The van der Waals surface area contributed by atoms with Crippen LogP contribution in [-0.2, 0) is 0 Å². The van der Waals surface area contributed by atoms with Crippen LogP contribution in [0.5, 0.6) is 5.75 Å². The Hall–Kier alpha value is -2.67. The molecule has 0 saturated heterocycles. The molecule has 2 aromatic heterocycles. The van der Waals surface area contributed by atoms with Gasteiger partial charge in [-0.05, 0) is 49.9 Å². The van der Waals surface area contributed by atoms with Crippen LogP contribution < -0.4 is 5.69 Å². The number of nitrogens with zero attached hydrogens (tertiary/aromatic N) is 3. The molecular weight excluding hydrogens is 308 g/mol. The smallest absolute Gasteiger partial charge is 0.329 e. The molecule has 3 N–H and O–H groups in total. The van der Waals surface area contributed by atoms with Crippen LogP contribution in [-0.4, -0.2) is 35.8 Å². The van der Waals surface area contributed by atoms with Gasteiger partial charge in [0.15, 0.2) is 11.3 Å². The lowest BCUT2D eigenvalue weighted by atomic mass is 9.93. The van der Waals surface area contributed by atoms with Gasteiger partial charge >= 0.3 is 5.69 Å². The summed E-state index contributed by atoms with van der Waals surface area (Å²) in [5.41, 5.74) is 2.25. The van der Waals surface area contributed by atoms with Gasteiger partial charge in [0.2, 0.25) is 0 Å². The van der Waals surface area contributed by atoms with Crippen LogP contribution in [0.4, 0.5) is 0 Å². The van der Waals surface area contributed by atoms with Crippen LogP contribution in [0.2, 0.25) is 0 Å². The predicted molar refractivity (Wildman–Crippen MR) is 88.8 cm³/mol. The van der Waals surface area contributed by atoms with E-state index < -0.39 is 0 Å². The second-order valence-electron chi connectivity index (χ2n) is 6.24. The summed E-state index contributed by atoms with van der Waals surface area (Å²) < 4.78 is 1.66. The molecule has 7 nitrogen and oxygen atoms in total. The summed E-state index contributed by atoms with van der Waals surface area (Å²) in [7, 11) is 0. The third kappa shape index (κ3) is 2.56. The largest absolute Gasteiger partial charge is 0.508 e. The second-order valence-corrected chi connectivity index (χ2v) is 6.24. The Kier molecular flexibility index (Phi) is 3.57. The molecule has 0 atom stereocenters. The van der Waals surface area contributed by atoms with E-state index in [2.05, 4.69) is 15.0 Å². The molecular formula is C17H18N4O3. The first kappa shape index (κ1) is 14.9. The number of phenols is 1. The summed E-state index contributed by atoms with van der Waals surface area (Å²) in [4.78, 5) is 24.0. The van der Waals surface area contributed by atoms with Gasteiger partial charge in [0, 0.05) is 11.6 Å². The number of aliphatic hydroxyl groups is 1. The van der Waals surface area contributed by atoms with E-state index in [1.54, 1.807) is 35.0 Å². The Morgan fingerprint density at radius 2 is 1.83 bits per heavy atom. The van der Waals surface area contributed by atoms with Crippen molar-refractivity contribution < 1.29 is 10.2 Å². The quantitative estimate of drug-likeness (QED) is 0.668. The third-order valence-electron chi connectivity index (χ3n) is 4.62. The maximum atomic E-state index is 12.3. The maximum Gasteiger partial charge on any atom is 0.329 e. The number of fused-ring (bicyclic) bond motifs is 1. The average Bonchev–Trinajstić information content (AvgIpc) is 2.91. The summed E-state index contributed by atoms with van der Waals surface area (Å²) in [6.45, 7) is 0. The minimum atomic E-state index is -0.277. The normalized spacial score (nSPS) is 21.2. The molecule has 0 radical (unpaired) electrons. The first-order chi connectivity index (χ1) is 11.6. The Bertz CT molecular complexity index is 921. The van der Waals surface area contributed by atoms with Crippen LogP contribution >= 0.6 is 0 Å². The lowest BCUT2D eigenvalue weighted by Crippen LogP contribution is -2.27. The van der Waals surface area contributed by atoms with Gasteiger partial charge in [-0.25, -0.2) is 14.8 Å². The summed E-state index contributed by atoms with van der Waals surface area (Å²) in [6, 6.07) is 6.73. The number of aromatic amines is 1. The molecule has 1 fully saturated rings. The zero-order valence-electron chi connectivity index (χ0n) is 13.0. The molecule has 1 aliphatic rings. The van der Waals surface area contributed by atoms with Gasteiger partial charge in [0.25, 0.3) is 0 Å². The Labute approximate surface area is 137 Å². The molecule has 7 heteroatoms. The average molecular weight is 326 g/mol. The molecule has 1 aromatic carbocycles. The van der Waals surface area contributed by atoms with Gasteiger partial charge in [0.05, 0.1) is 18.0 Å². The zero-order chi connectivity index (χ0) is 16.7. The van der Waals surface area contributed by atoms with Crippen molar-refractivity contribution in [2.45, 2.75) is 37.8 Å². The maximum absolute atomic E-state index is 12.3.